The lowest BCUT2D eigenvalue weighted by molar-refractivity contribution is -0.138. The molecule has 0 unspecified atom stereocenters. The molecule has 0 aliphatic rings. The predicted octanol–water partition coefficient (Wildman–Crippen LogP) is 1.32. The van der Waals surface area contributed by atoms with Crippen LogP contribution in [0.4, 0.5) is 0 Å². The van der Waals surface area contributed by atoms with Gasteiger partial charge >= 0.3 is 5.97 Å². The van der Waals surface area contributed by atoms with Crippen LogP contribution < -0.4 is 0 Å². The number of carbonyl (C=O) groups excluding carboxylic acids is 1. The fourth-order valence-corrected chi connectivity index (χ4v) is 0.853. The molecule has 2 atom stereocenters. The molecule has 0 radical (unpaired) electrons. The molecule has 3 nitrogen and oxygen atoms in total. The summed E-state index contributed by atoms with van der Waals surface area (Å²) >= 11 is 0. The van der Waals surface area contributed by atoms with Gasteiger partial charge in [0, 0.05) is 12.3 Å². The predicted molar refractivity (Wildman–Crippen MR) is 41.3 cm³/mol. The van der Waals surface area contributed by atoms with Crippen LogP contribution in [0.3, 0.4) is 0 Å². The Morgan fingerprint density at radius 2 is 1.82 bits per heavy atom. The third kappa shape index (κ3) is 3.75. The van der Waals surface area contributed by atoms with Gasteiger partial charge in [-0.05, 0) is 12.8 Å². The Morgan fingerprint density at radius 1 is 1.36 bits per heavy atom. The number of ketones is 1. The zero-order valence-electron chi connectivity index (χ0n) is 7.13. The van der Waals surface area contributed by atoms with Crippen molar-refractivity contribution in [2.45, 2.75) is 27.2 Å². The summed E-state index contributed by atoms with van der Waals surface area (Å²) in [5.41, 5.74) is 0. The van der Waals surface area contributed by atoms with E-state index in [1.807, 2.05) is 0 Å². The molecule has 0 heterocycles. The summed E-state index contributed by atoms with van der Waals surface area (Å²) < 4.78 is 0. The second-order valence-corrected chi connectivity index (χ2v) is 2.97. The first kappa shape index (κ1) is 10.1. The number of aliphatic carboxylic acids is 1. The molecule has 64 valence electrons. The fraction of sp³-hybridized carbons (Fsp3) is 0.750. The van der Waals surface area contributed by atoms with Crippen LogP contribution in [0.1, 0.15) is 27.2 Å². The molecule has 0 aromatic rings. The van der Waals surface area contributed by atoms with Crippen molar-refractivity contribution in [2.75, 3.05) is 0 Å². The Balaban J connectivity index is 3.92. The maximum atomic E-state index is 10.8. The Kier molecular flexibility index (Phi) is 3.79. The van der Waals surface area contributed by atoms with Gasteiger partial charge in [0.2, 0.25) is 0 Å². The summed E-state index contributed by atoms with van der Waals surface area (Å²) in [6, 6.07) is 0. The average molecular weight is 158 g/mol. The second kappa shape index (κ2) is 4.11. The molecule has 1 N–H and O–H groups in total. The molecule has 3 heteroatoms. The van der Waals surface area contributed by atoms with Crippen LogP contribution in [0.25, 0.3) is 0 Å². The second-order valence-electron chi connectivity index (χ2n) is 2.97. The maximum absolute atomic E-state index is 10.8. The van der Waals surface area contributed by atoms with E-state index in [-0.39, 0.29) is 24.0 Å². The summed E-state index contributed by atoms with van der Waals surface area (Å²) in [7, 11) is 0. The summed E-state index contributed by atoms with van der Waals surface area (Å²) in [5, 5.41) is 8.40. The quantitative estimate of drug-likeness (QED) is 0.671. The molecule has 0 fully saturated rings. The van der Waals surface area contributed by atoms with Gasteiger partial charge in [-0.3, -0.25) is 9.59 Å². The van der Waals surface area contributed by atoms with E-state index in [2.05, 4.69) is 0 Å². The Bertz CT molecular complexity index is 163. The summed E-state index contributed by atoms with van der Waals surface area (Å²) in [6.07, 6.45) is 0.0702. The van der Waals surface area contributed by atoms with E-state index >= 15 is 0 Å². The van der Waals surface area contributed by atoms with Crippen molar-refractivity contribution < 1.29 is 14.7 Å². The number of hydrogen-bond donors (Lipinski definition) is 1. The zero-order chi connectivity index (χ0) is 9.02. The number of carbonyl (C=O) groups is 2. The molecule has 0 spiro atoms. The van der Waals surface area contributed by atoms with Gasteiger partial charge in [0.1, 0.15) is 5.78 Å². The van der Waals surface area contributed by atoms with E-state index in [0.717, 1.165) is 0 Å². The van der Waals surface area contributed by atoms with Crippen LogP contribution >= 0.6 is 0 Å². The molecule has 0 aliphatic heterocycles. The molecule has 11 heavy (non-hydrogen) atoms. The lowest BCUT2D eigenvalue weighted by Crippen LogP contribution is -2.18. The number of carboxylic acid groups (broad SMARTS) is 1. The minimum atomic E-state index is -0.842. The lowest BCUT2D eigenvalue weighted by Gasteiger charge is -2.13. The fourth-order valence-electron chi connectivity index (χ4n) is 0.853. The van der Waals surface area contributed by atoms with Gasteiger partial charge in [0.15, 0.2) is 0 Å². The third-order valence-electron chi connectivity index (χ3n) is 1.99. The smallest absolute Gasteiger partial charge is 0.303 e. The Labute approximate surface area is 66.4 Å². The number of carboxylic acids is 1. The van der Waals surface area contributed by atoms with Crippen molar-refractivity contribution in [1.29, 1.82) is 0 Å². The van der Waals surface area contributed by atoms with Gasteiger partial charge in [-0.15, -0.1) is 0 Å². The summed E-state index contributed by atoms with van der Waals surface area (Å²) in [4.78, 5) is 21.0. The molecule has 0 aromatic carbocycles. The average Bonchev–Trinajstić information content (AvgIpc) is 1.84. The van der Waals surface area contributed by atoms with E-state index in [1.165, 1.54) is 6.92 Å². The minimum Gasteiger partial charge on any atom is -0.481 e. The molecule has 0 saturated heterocycles. The molecule has 0 aromatic heterocycles. The van der Waals surface area contributed by atoms with Crippen LogP contribution in [-0.4, -0.2) is 16.9 Å². The largest absolute Gasteiger partial charge is 0.481 e. The number of hydrogen-bond acceptors (Lipinski definition) is 2. The Morgan fingerprint density at radius 3 is 2.09 bits per heavy atom. The first-order chi connectivity index (χ1) is 4.95. The highest BCUT2D eigenvalue weighted by Crippen LogP contribution is 2.15. The van der Waals surface area contributed by atoms with E-state index in [0.29, 0.717) is 0 Å². The van der Waals surface area contributed by atoms with Gasteiger partial charge in [-0.25, -0.2) is 0 Å². The number of rotatable bonds is 4. The number of Topliss-reactive ketones (excluding diaryl/α,β-unsaturated/α-hetero) is 1. The first-order valence-corrected chi connectivity index (χ1v) is 3.67. The van der Waals surface area contributed by atoms with Crippen molar-refractivity contribution in [3.05, 3.63) is 0 Å². The van der Waals surface area contributed by atoms with Crippen LogP contribution in [0, 0.1) is 11.8 Å². The topological polar surface area (TPSA) is 54.4 Å². The molecule has 0 rings (SSSR count). The Hall–Kier alpha value is -0.860. The van der Waals surface area contributed by atoms with E-state index in [9.17, 15) is 9.59 Å². The molecule has 0 aliphatic carbocycles. The van der Waals surface area contributed by atoms with Crippen molar-refractivity contribution in [3.63, 3.8) is 0 Å². The third-order valence-corrected chi connectivity index (χ3v) is 1.99. The lowest BCUT2D eigenvalue weighted by atomic mass is 9.90. The highest BCUT2D eigenvalue weighted by atomic mass is 16.4. The van der Waals surface area contributed by atoms with Crippen molar-refractivity contribution >= 4 is 11.8 Å². The van der Waals surface area contributed by atoms with Crippen molar-refractivity contribution in [3.8, 4) is 0 Å². The standard InChI is InChI=1S/C8H14O3/c1-5(4-8(10)11)6(2)7(3)9/h5-6H,4H2,1-3H3,(H,10,11)/t5-,6-/m0/s1. The van der Waals surface area contributed by atoms with Crippen LogP contribution in [-0.2, 0) is 9.59 Å². The highest BCUT2D eigenvalue weighted by molar-refractivity contribution is 5.79. The maximum Gasteiger partial charge on any atom is 0.303 e. The molecule has 0 amide bonds. The highest BCUT2D eigenvalue weighted by Gasteiger charge is 2.18. The van der Waals surface area contributed by atoms with Gasteiger partial charge in [0.25, 0.3) is 0 Å². The zero-order valence-corrected chi connectivity index (χ0v) is 7.13. The van der Waals surface area contributed by atoms with Gasteiger partial charge in [-0.1, -0.05) is 13.8 Å². The van der Waals surface area contributed by atoms with E-state index in [4.69, 9.17) is 5.11 Å². The molecule has 0 bridgehead atoms. The molecular weight excluding hydrogens is 144 g/mol. The van der Waals surface area contributed by atoms with Crippen LogP contribution in [0.2, 0.25) is 0 Å². The minimum absolute atomic E-state index is 0.0544. The first-order valence-electron chi connectivity index (χ1n) is 3.67. The van der Waals surface area contributed by atoms with E-state index < -0.39 is 5.97 Å². The van der Waals surface area contributed by atoms with Crippen LogP contribution in [0.5, 0.6) is 0 Å². The normalized spacial score (nSPS) is 15.5. The monoisotopic (exact) mass is 158 g/mol. The van der Waals surface area contributed by atoms with Gasteiger partial charge in [0.05, 0.1) is 0 Å². The SMILES string of the molecule is CC(=O)[C@@H](C)[C@@H](C)CC(=O)O. The van der Waals surface area contributed by atoms with E-state index in [1.54, 1.807) is 13.8 Å². The summed E-state index contributed by atoms with van der Waals surface area (Å²) in [6.45, 7) is 5.03. The van der Waals surface area contributed by atoms with Crippen molar-refractivity contribution in [2.24, 2.45) is 11.8 Å². The van der Waals surface area contributed by atoms with Gasteiger partial charge in [-0.2, -0.15) is 0 Å². The van der Waals surface area contributed by atoms with Gasteiger partial charge < -0.3 is 5.11 Å². The summed E-state index contributed by atoms with van der Waals surface area (Å²) in [5.74, 6) is -1.000. The van der Waals surface area contributed by atoms with Crippen LogP contribution in [0.15, 0.2) is 0 Å². The molecular formula is C8H14O3. The molecule has 0 saturated carbocycles. The van der Waals surface area contributed by atoms with Crippen molar-refractivity contribution in [1.82, 2.24) is 0 Å².